The summed E-state index contributed by atoms with van der Waals surface area (Å²) in [5.74, 6) is 1.85. The smallest absolute Gasteiger partial charge is 0.142 e. The Kier molecular flexibility index (Phi) is 5.87. The summed E-state index contributed by atoms with van der Waals surface area (Å²) < 4.78 is 5.84. The van der Waals surface area contributed by atoms with Crippen molar-refractivity contribution in [1.82, 2.24) is 9.97 Å². The third-order valence-electron chi connectivity index (χ3n) is 5.14. The number of aromatic nitrogens is 2. The number of anilines is 2. The minimum Gasteiger partial charge on any atom is -0.494 e. The molecular formula is C22H27N3OS. The fourth-order valence-corrected chi connectivity index (χ4v) is 4.90. The highest BCUT2D eigenvalue weighted by Gasteiger charge is 2.19. The Hall–Kier alpha value is -2.14. The summed E-state index contributed by atoms with van der Waals surface area (Å²) in [7, 11) is 0. The van der Waals surface area contributed by atoms with Crippen LogP contribution in [0.5, 0.6) is 5.75 Å². The minimum absolute atomic E-state index is 0.792. The number of rotatable bonds is 8. The van der Waals surface area contributed by atoms with Gasteiger partial charge in [0.25, 0.3) is 0 Å². The third kappa shape index (κ3) is 4.24. The zero-order chi connectivity index (χ0) is 18.5. The maximum Gasteiger partial charge on any atom is 0.142 e. The average molecular weight is 382 g/mol. The molecule has 2 aromatic heterocycles. The molecule has 0 saturated carbocycles. The van der Waals surface area contributed by atoms with Crippen LogP contribution in [0, 0.1) is 0 Å². The van der Waals surface area contributed by atoms with Gasteiger partial charge in [0.15, 0.2) is 0 Å². The molecule has 27 heavy (non-hydrogen) atoms. The highest BCUT2D eigenvalue weighted by atomic mass is 32.1. The van der Waals surface area contributed by atoms with E-state index in [1.165, 1.54) is 54.4 Å². The second-order valence-electron chi connectivity index (χ2n) is 7.17. The summed E-state index contributed by atoms with van der Waals surface area (Å²) in [6.45, 7) is 3.02. The van der Waals surface area contributed by atoms with Crippen molar-refractivity contribution >= 4 is 33.1 Å². The molecule has 1 aromatic carbocycles. The van der Waals surface area contributed by atoms with Crippen LogP contribution in [0.15, 0.2) is 30.6 Å². The molecule has 4 rings (SSSR count). The van der Waals surface area contributed by atoms with Gasteiger partial charge >= 0.3 is 0 Å². The Morgan fingerprint density at radius 1 is 1.04 bits per heavy atom. The van der Waals surface area contributed by atoms with E-state index in [1.54, 1.807) is 6.33 Å². The average Bonchev–Trinajstić information content (AvgIpc) is 3.09. The van der Waals surface area contributed by atoms with Crippen LogP contribution >= 0.6 is 11.3 Å². The van der Waals surface area contributed by atoms with Crippen molar-refractivity contribution in [2.45, 2.75) is 58.3 Å². The van der Waals surface area contributed by atoms with Gasteiger partial charge in [0.2, 0.25) is 0 Å². The maximum absolute atomic E-state index is 5.84. The molecule has 0 radical (unpaired) electrons. The first-order valence-corrected chi connectivity index (χ1v) is 10.9. The molecule has 3 aromatic rings. The fraction of sp³-hybridized carbons (Fsp3) is 0.455. The summed E-state index contributed by atoms with van der Waals surface area (Å²) in [5, 5.41) is 4.71. The van der Waals surface area contributed by atoms with E-state index in [9.17, 15) is 0 Å². The lowest BCUT2D eigenvalue weighted by Crippen LogP contribution is -2.01. The van der Waals surface area contributed by atoms with Gasteiger partial charge in [-0.05, 0) is 61.9 Å². The molecule has 0 aliphatic heterocycles. The van der Waals surface area contributed by atoms with Crippen LogP contribution in [0.2, 0.25) is 0 Å². The van der Waals surface area contributed by atoms with Crippen molar-refractivity contribution in [3.63, 3.8) is 0 Å². The standard InChI is InChI=1S/C22H27N3OS/c1-2-3-4-7-14-26-17-12-10-16(11-13-17)25-21-20-18-8-5-6-9-19(18)27-22(20)24-15-23-21/h10-13,15H,2-9,14H2,1H3,(H,23,24,25). The van der Waals surface area contributed by atoms with Gasteiger partial charge in [-0.15, -0.1) is 11.3 Å². The summed E-state index contributed by atoms with van der Waals surface area (Å²) in [5.41, 5.74) is 2.49. The van der Waals surface area contributed by atoms with E-state index in [4.69, 9.17) is 4.74 Å². The number of ether oxygens (including phenoxy) is 1. The second-order valence-corrected chi connectivity index (χ2v) is 8.26. The van der Waals surface area contributed by atoms with Crippen LogP contribution in [0.3, 0.4) is 0 Å². The van der Waals surface area contributed by atoms with Crippen molar-refractivity contribution < 1.29 is 4.74 Å². The lowest BCUT2D eigenvalue weighted by molar-refractivity contribution is 0.305. The van der Waals surface area contributed by atoms with Crippen LogP contribution in [0.1, 0.15) is 55.9 Å². The van der Waals surface area contributed by atoms with E-state index in [1.807, 2.05) is 23.5 Å². The number of unbranched alkanes of at least 4 members (excludes halogenated alkanes) is 3. The van der Waals surface area contributed by atoms with Gasteiger partial charge in [0.1, 0.15) is 22.7 Å². The largest absolute Gasteiger partial charge is 0.494 e. The molecule has 142 valence electrons. The van der Waals surface area contributed by atoms with Crippen molar-refractivity contribution in [1.29, 1.82) is 0 Å². The van der Waals surface area contributed by atoms with E-state index in [0.29, 0.717) is 0 Å². The number of hydrogen-bond donors (Lipinski definition) is 1. The Bertz CT molecular complexity index is 888. The summed E-state index contributed by atoms with van der Waals surface area (Å²) in [6.07, 6.45) is 11.4. The monoisotopic (exact) mass is 381 g/mol. The summed E-state index contributed by atoms with van der Waals surface area (Å²) in [4.78, 5) is 11.6. The highest BCUT2D eigenvalue weighted by Crippen LogP contribution is 2.38. The Morgan fingerprint density at radius 2 is 1.89 bits per heavy atom. The van der Waals surface area contributed by atoms with Gasteiger partial charge in [-0.2, -0.15) is 0 Å². The first-order valence-electron chi connectivity index (χ1n) is 10.1. The molecule has 1 N–H and O–H groups in total. The van der Waals surface area contributed by atoms with Crippen LogP contribution in [-0.2, 0) is 12.8 Å². The van der Waals surface area contributed by atoms with Gasteiger partial charge in [0.05, 0.1) is 12.0 Å². The summed E-state index contributed by atoms with van der Waals surface area (Å²) in [6, 6.07) is 8.19. The predicted molar refractivity (Wildman–Crippen MR) is 113 cm³/mol. The number of aryl methyl sites for hydroxylation is 2. The van der Waals surface area contributed by atoms with Crippen LogP contribution in [-0.4, -0.2) is 16.6 Å². The molecule has 0 amide bonds. The molecule has 0 fully saturated rings. The van der Waals surface area contributed by atoms with Gasteiger partial charge in [-0.25, -0.2) is 9.97 Å². The molecule has 0 unspecified atom stereocenters. The molecule has 0 bridgehead atoms. The van der Waals surface area contributed by atoms with Gasteiger partial charge in [-0.1, -0.05) is 26.2 Å². The number of hydrogen-bond acceptors (Lipinski definition) is 5. The first-order chi connectivity index (χ1) is 13.3. The minimum atomic E-state index is 0.792. The molecule has 0 spiro atoms. The van der Waals surface area contributed by atoms with Crippen molar-refractivity contribution in [2.75, 3.05) is 11.9 Å². The van der Waals surface area contributed by atoms with Crippen LogP contribution in [0.4, 0.5) is 11.5 Å². The predicted octanol–water partition coefficient (Wildman–Crippen LogP) is 6.27. The quantitative estimate of drug-likeness (QED) is 0.467. The van der Waals surface area contributed by atoms with Gasteiger partial charge in [-0.3, -0.25) is 0 Å². The number of benzene rings is 1. The summed E-state index contributed by atoms with van der Waals surface area (Å²) >= 11 is 1.83. The first kappa shape index (κ1) is 18.2. The zero-order valence-electron chi connectivity index (χ0n) is 16.0. The SMILES string of the molecule is CCCCCCOc1ccc(Nc2ncnc3sc4c(c23)CCCC4)cc1. The topological polar surface area (TPSA) is 47.0 Å². The van der Waals surface area contributed by atoms with Crippen molar-refractivity contribution in [3.05, 3.63) is 41.0 Å². The molecule has 2 heterocycles. The van der Waals surface area contributed by atoms with Gasteiger partial charge < -0.3 is 10.1 Å². The molecular weight excluding hydrogens is 354 g/mol. The Balaban J connectivity index is 1.45. The number of nitrogens with zero attached hydrogens (tertiary/aromatic N) is 2. The van der Waals surface area contributed by atoms with E-state index in [0.717, 1.165) is 41.5 Å². The second kappa shape index (κ2) is 8.70. The van der Waals surface area contributed by atoms with E-state index < -0.39 is 0 Å². The van der Waals surface area contributed by atoms with E-state index >= 15 is 0 Å². The lowest BCUT2D eigenvalue weighted by atomic mass is 9.97. The highest BCUT2D eigenvalue weighted by molar-refractivity contribution is 7.19. The molecule has 1 aliphatic carbocycles. The maximum atomic E-state index is 5.84. The number of fused-ring (bicyclic) bond motifs is 3. The molecule has 4 nitrogen and oxygen atoms in total. The van der Waals surface area contributed by atoms with E-state index in [2.05, 4.69) is 34.3 Å². The number of thiophene rings is 1. The molecule has 5 heteroatoms. The molecule has 0 atom stereocenters. The number of nitrogens with one attached hydrogen (secondary N) is 1. The Labute approximate surface area is 165 Å². The van der Waals surface area contributed by atoms with Gasteiger partial charge in [0, 0.05) is 10.6 Å². The normalized spacial score (nSPS) is 13.5. The Morgan fingerprint density at radius 3 is 2.74 bits per heavy atom. The van der Waals surface area contributed by atoms with E-state index in [-0.39, 0.29) is 0 Å². The lowest BCUT2D eigenvalue weighted by Gasteiger charge is -2.13. The van der Waals surface area contributed by atoms with Crippen molar-refractivity contribution in [2.24, 2.45) is 0 Å². The third-order valence-corrected chi connectivity index (χ3v) is 6.33. The van der Waals surface area contributed by atoms with Crippen LogP contribution < -0.4 is 10.1 Å². The van der Waals surface area contributed by atoms with Crippen molar-refractivity contribution in [3.8, 4) is 5.75 Å². The zero-order valence-corrected chi connectivity index (χ0v) is 16.8. The molecule has 0 saturated heterocycles. The molecule has 1 aliphatic rings. The fourth-order valence-electron chi connectivity index (χ4n) is 3.68. The van der Waals surface area contributed by atoms with Crippen LogP contribution in [0.25, 0.3) is 10.2 Å².